The van der Waals surface area contributed by atoms with E-state index in [0.29, 0.717) is 6.04 Å². The quantitative estimate of drug-likeness (QED) is 0.761. The Balaban J connectivity index is 2.62. The second-order valence-electron chi connectivity index (χ2n) is 4.22. The van der Waals surface area contributed by atoms with Crippen LogP contribution in [0.2, 0.25) is 0 Å². The lowest BCUT2D eigenvalue weighted by molar-refractivity contribution is 0.342. The van der Waals surface area contributed by atoms with Gasteiger partial charge in [0.15, 0.2) is 0 Å². The van der Waals surface area contributed by atoms with Crippen LogP contribution in [0.4, 0.5) is 0 Å². The fourth-order valence-electron chi connectivity index (χ4n) is 1.59. The number of rotatable bonds is 6. The van der Waals surface area contributed by atoms with Crippen molar-refractivity contribution >= 4 is 0 Å². The van der Waals surface area contributed by atoms with Gasteiger partial charge in [0, 0.05) is 31.4 Å². The van der Waals surface area contributed by atoms with E-state index in [-0.39, 0.29) is 0 Å². The van der Waals surface area contributed by atoms with Crippen LogP contribution in [0.5, 0.6) is 0 Å². The van der Waals surface area contributed by atoms with Crippen LogP contribution in [0, 0.1) is 0 Å². The van der Waals surface area contributed by atoms with Crippen LogP contribution in [0.15, 0.2) is 12.4 Å². The van der Waals surface area contributed by atoms with Gasteiger partial charge in [-0.2, -0.15) is 5.10 Å². The van der Waals surface area contributed by atoms with Crippen molar-refractivity contribution in [2.24, 2.45) is 7.05 Å². The summed E-state index contributed by atoms with van der Waals surface area (Å²) in [5.74, 6) is 0. The van der Waals surface area contributed by atoms with E-state index in [4.69, 9.17) is 0 Å². The highest BCUT2D eigenvalue weighted by Gasteiger charge is 2.12. The van der Waals surface area contributed by atoms with Gasteiger partial charge in [-0.05, 0) is 27.1 Å². The molecule has 1 N–H and O–H groups in total. The van der Waals surface area contributed by atoms with Crippen molar-refractivity contribution in [3.8, 4) is 0 Å². The van der Waals surface area contributed by atoms with Crippen molar-refractivity contribution < 1.29 is 0 Å². The molecular weight excluding hydrogens is 188 g/mol. The number of nitrogens with one attached hydrogen (secondary N) is 1. The van der Waals surface area contributed by atoms with Gasteiger partial charge in [0.1, 0.15) is 0 Å². The highest BCUT2D eigenvalue weighted by Crippen LogP contribution is 2.12. The molecular formula is C11H22N4. The molecule has 0 aromatic carbocycles. The molecule has 1 heterocycles. The van der Waals surface area contributed by atoms with Crippen LogP contribution in [0.1, 0.15) is 24.9 Å². The number of likely N-dealkylation sites (N-methyl/N-ethyl adjacent to an activating group) is 1. The van der Waals surface area contributed by atoms with E-state index in [1.165, 1.54) is 5.56 Å². The third kappa shape index (κ3) is 4.01. The predicted molar refractivity (Wildman–Crippen MR) is 62.8 cm³/mol. The highest BCUT2D eigenvalue weighted by atomic mass is 15.2. The molecule has 15 heavy (non-hydrogen) atoms. The highest BCUT2D eigenvalue weighted by molar-refractivity contribution is 5.10. The molecule has 0 amide bonds. The van der Waals surface area contributed by atoms with Crippen LogP contribution in [0.25, 0.3) is 0 Å². The number of aryl methyl sites for hydroxylation is 1. The maximum atomic E-state index is 4.21. The molecule has 1 aromatic rings. The molecule has 0 bridgehead atoms. The summed E-state index contributed by atoms with van der Waals surface area (Å²) in [7, 11) is 6.14. The first-order valence-electron chi connectivity index (χ1n) is 5.50. The molecule has 1 aromatic heterocycles. The van der Waals surface area contributed by atoms with Gasteiger partial charge in [0.25, 0.3) is 0 Å². The first kappa shape index (κ1) is 12.2. The Kier molecular flexibility index (Phi) is 4.78. The van der Waals surface area contributed by atoms with E-state index in [1.54, 1.807) is 0 Å². The molecule has 0 radical (unpaired) electrons. The Morgan fingerprint density at radius 1 is 1.53 bits per heavy atom. The van der Waals surface area contributed by atoms with Crippen molar-refractivity contribution in [3.63, 3.8) is 0 Å². The predicted octanol–water partition coefficient (Wildman–Crippen LogP) is 1.02. The summed E-state index contributed by atoms with van der Waals surface area (Å²) < 4.78 is 1.85. The SMILES string of the molecule is CCCNC(CN(C)C)c1cnn(C)c1. The van der Waals surface area contributed by atoms with Crippen molar-refractivity contribution in [1.82, 2.24) is 20.0 Å². The molecule has 1 rings (SSSR count). The Morgan fingerprint density at radius 3 is 2.73 bits per heavy atom. The summed E-state index contributed by atoms with van der Waals surface area (Å²) in [6, 6.07) is 0.383. The molecule has 1 atom stereocenters. The fraction of sp³-hybridized carbons (Fsp3) is 0.727. The molecule has 0 aliphatic carbocycles. The summed E-state index contributed by atoms with van der Waals surface area (Å²) in [6.07, 6.45) is 5.18. The molecule has 1 unspecified atom stereocenters. The maximum Gasteiger partial charge on any atom is 0.0538 e. The third-order valence-corrected chi connectivity index (χ3v) is 2.32. The van der Waals surface area contributed by atoms with E-state index in [0.717, 1.165) is 19.5 Å². The van der Waals surface area contributed by atoms with E-state index < -0.39 is 0 Å². The van der Waals surface area contributed by atoms with E-state index in [2.05, 4.69) is 42.5 Å². The summed E-state index contributed by atoms with van der Waals surface area (Å²) in [5.41, 5.74) is 1.26. The van der Waals surface area contributed by atoms with Gasteiger partial charge in [0.2, 0.25) is 0 Å². The van der Waals surface area contributed by atoms with Gasteiger partial charge >= 0.3 is 0 Å². The van der Waals surface area contributed by atoms with Crippen molar-refractivity contribution in [1.29, 1.82) is 0 Å². The molecule has 86 valence electrons. The summed E-state index contributed by atoms with van der Waals surface area (Å²) in [5, 5.41) is 7.75. The summed E-state index contributed by atoms with van der Waals surface area (Å²) >= 11 is 0. The van der Waals surface area contributed by atoms with Crippen molar-refractivity contribution in [2.75, 3.05) is 27.2 Å². The van der Waals surface area contributed by atoms with Gasteiger partial charge in [0.05, 0.1) is 6.20 Å². The Hall–Kier alpha value is -0.870. The lowest BCUT2D eigenvalue weighted by Gasteiger charge is -2.21. The van der Waals surface area contributed by atoms with Crippen LogP contribution in [0.3, 0.4) is 0 Å². The number of aromatic nitrogens is 2. The van der Waals surface area contributed by atoms with E-state index in [1.807, 2.05) is 17.9 Å². The Labute approximate surface area is 92.3 Å². The minimum Gasteiger partial charge on any atom is -0.309 e. The zero-order valence-corrected chi connectivity index (χ0v) is 10.2. The maximum absolute atomic E-state index is 4.21. The monoisotopic (exact) mass is 210 g/mol. The van der Waals surface area contributed by atoms with E-state index >= 15 is 0 Å². The minimum atomic E-state index is 0.383. The van der Waals surface area contributed by atoms with Crippen molar-refractivity contribution in [2.45, 2.75) is 19.4 Å². The van der Waals surface area contributed by atoms with Crippen LogP contribution in [-0.2, 0) is 7.05 Å². The molecule has 0 aliphatic rings. The van der Waals surface area contributed by atoms with Gasteiger partial charge < -0.3 is 10.2 Å². The van der Waals surface area contributed by atoms with Gasteiger partial charge in [-0.3, -0.25) is 4.68 Å². The fourth-order valence-corrected chi connectivity index (χ4v) is 1.59. The van der Waals surface area contributed by atoms with E-state index in [9.17, 15) is 0 Å². The molecule has 0 fully saturated rings. The first-order valence-corrected chi connectivity index (χ1v) is 5.50. The number of hydrogen-bond donors (Lipinski definition) is 1. The molecule has 4 heteroatoms. The summed E-state index contributed by atoms with van der Waals surface area (Å²) in [4.78, 5) is 2.19. The Morgan fingerprint density at radius 2 is 2.27 bits per heavy atom. The zero-order chi connectivity index (χ0) is 11.3. The molecule has 0 aliphatic heterocycles. The van der Waals surface area contributed by atoms with Crippen LogP contribution in [-0.4, -0.2) is 41.9 Å². The van der Waals surface area contributed by atoms with Gasteiger partial charge in [-0.15, -0.1) is 0 Å². The van der Waals surface area contributed by atoms with Crippen LogP contribution < -0.4 is 5.32 Å². The minimum absolute atomic E-state index is 0.383. The standard InChI is InChI=1S/C11H22N4/c1-5-6-12-11(9-14(2)3)10-7-13-15(4)8-10/h7-8,11-12H,5-6,9H2,1-4H3. The lowest BCUT2D eigenvalue weighted by Crippen LogP contribution is -2.31. The normalized spacial score (nSPS) is 13.4. The molecule has 0 spiro atoms. The second-order valence-corrected chi connectivity index (χ2v) is 4.22. The molecule has 4 nitrogen and oxygen atoms in total. The molecule has 0 saturated heterocycles. The van der Waals surface area contributed by atoms with Gasteiger partial charge in [-0.1, -0.05) is 6.92 Å². The first-order chi connectivity index (χ1) is 7.13. The largest absolute Gasteiger partial charge is 0.309 e. The summed E-state index contributed by atoms with van der Waals surface area (Å²) in [6.45, 7) is 4.24. The van der Waals surface area contributed by atoms with Crippen LogP contribution >= 0.6 is 0 Å². The second kappa shape index (κ2) is 5.88. The average Bonchev–Trinajstić information content (AvgIpc) is 2.58. The number of hydrogen-bond acceptors (Lipinski definition) is 3. The average molecular weight is 210 g/mol. The topological polar surface area (TPSA) is 33.1 Å². The number of nitrogens with zero attached hydrogens (tertiary/aromatic N) is 3. The third-order valence-electron chi connectivity index (χ3n) is 2.32. The zero-order valence-electron chi connectivity index (χ0n) is 10.2. The molecule has 0 saturated carbocycles. The van der Waals surface area contributed by atoms with Gasteiger partial charge in [-0.25, -0.2) is 0 Å². The Bertz CT molecular complexity index is 280. The smallest absolute Gasteiger partial charge is 0.0538 e. The van der Waals surface area contributed by atoms with Crippen molar-refractivity contribution in [3.05, 3.63) is 18.0 Å². The lowest BCUT2D eigenvalue weighted by atomic mass is 10.1.